The van der Waals surface area contributed by atoms with Crippen LogP contribution in [-0.4, -0.2) is 29.9 Å². The van der Waals surface area contributed by atoms with Gasteiger partial charge < -0.3 is 5.32 Å². The topological polar surface area (TPSA) is 32.3 Å². The van der Waals surface area contributed by atoms with Gasteiger partial charge in [0, 0.05) is 25.7 Å². The standard InChI is InChI=1S/C20H21F3N2O/c1-14(25-11-10-15-6-2-3-7-16(15)13-25)12-24-19(26)17-8-4-5-9-18(17)20(21,22)23/h2-9,14H,10-13H2,1H3,(H,24,26). The molecule has 26 heavy (non-hydrogen) atoms. The molecule has 1 amide bonds. The van der Waals surface area contributed by atoms with Crippen molar-refractivity contribution in [1.82, 2.24) is 10.2 Å². The molecule has 0 saturated heterocycles. The number of amides is 1. The molecule has 0 aliphatic carbocycles. The molecule has 0 saturated carbocycles. The zero-order valence-corrected chi connectivity index (χ0v) is 14.5. The summed E-state index contributed by atoms with van der Waals surface area (Å²) in [6, 6.07) is 13.1. The van der Waals surface area contributed by atoms with Crippen molar-refractivity contribution < 1.29 is 18.0 Å². The Hall–Kier alpha value is -2.34. The molecule has 138 valence electrons. The quantitative estimate of drug-likeness (QED) is 0.895. The molecule has 6 heteroatoms. The van der Waals surface area contributed by atoms with Gasteiger partial charge in [0.25, 0.3) is 5.91 Å². The largest absolute Gasteiger partial charge is 0.417 e. The van der Waals surface area contributed by atoms with Crippen LogP contribution >= 0.6 is 0 Å². The Kier molecular flexibility index (Phi) is 5.32. The Balaban J connectivity index is 1.62. The lowest BCUT2D eigenvalue weighted by atomic mass is 9.99. The first-order valence-electron chi connectivity index (χ1n) is 8.61. The molecule has 1 heterocycles. The third-order valence-corrected chi connectivity index (χ3v) is 4.82. The van der Waals surface area contributed by atoms with Crippen LogP contribution in [0.25, 0.3) is 0 Å². The van der Waals surface area contributed by atoms with Crippen LogP contribution in [0.2, 0.25) is 0 Å². The van der Waals surface area contributed by atoms with E-state index in [1.165, 1.54) is 29.3 Å². The van der Waals surface area contributed by atoms with Crippen LogP contribution in [0.3, 0.4) is 0 Å². The van der Waals surface area contributed by atoms with Crippen molar-refractivity contribution in [3.05, 3.63) is 70.8 Å². The maximum atomic E-state index is 13.1. The van der Waals surface area contributed by atoms with Crippen LogP contribution in [-0.2, 0) is 19.1 Å². The Morgan fingerprint density at radius 1 is 1.12 bits per heavy atom. The first-order chi connectivity index (χ1) is 12.4. The molecule has 0 spiro atoms. The van der Waals surface area contributed by atoms with E-state index in [2.05, 4.69) is 22.3 Å². The van der Waals surface area contributed by atoms with E-state index in [-0.39, 0.29) is 11.6 Å². The van der Waals surface area contributed by atoms with Gasteiger partial charge in [-0.1, -0.05) is 36.4 Å². The molecule has 0 radical (unpaired) electrons. The number of hydrogen-bond acceptors (Lipinski definition) is 2. The maximum Gasteiger partial charge on any atom is 0.417 e. The van der Waals surface area contributed by atoms with Crippen LogP contribution in [0, 0.1) is 0 Å². The third-order valence-electron chi connectivity index (χ3n) is 4.82. The van der Waals surface area contributed by atoms with Gasteiger partial charge in [0.05, 0.1) is 11.1 Å². The van der Waals surface area contributed by atoms with Gasteiger partial charge in [0.2, 0.25) is 0 Å². The Morgan fingerprint density at radius 3 is 2.50 bits per heavy atom. The van der Waals surface area contributed by atoms with E-state index >= 15 is 0 Å². The van der Waals surface area contributed by atoms with Crippen molar-refractivity contribution in [1.29, 1.82) is 0 Å². The minimum atomic E-state index is -4.55. The minimum Gasteiger partial charge on any atom is -0.350 e. The van der Waals surface area contributed by atoms with Crippen molar-refractivity contribution in [3.63, 3.8) is 0 Å². The van der Waals surface area contributed by atoms with E-state index in [1.807, 2.05) is 19.1 Å². The first-order valence-corrected chi connectivity index (χ1v) is 8.61. The lowest BCUT2D eigenvalue weighted by Crippen LogP contribution is -2.44. The van der Waals surface area contributed by atoms with Crippen LogP contribution in [0.4, 0.5) is 13.2 Å². The van der Waals surface area contributed by atoms with Crippen LogP contribution in [0.1, 0.15) is 34.0 Å². The molecule has 0 bridgehead atoms. The average molecular weight is 362 g/mol. The molecule has 1 aliphatic rings. The molecule has 0 fully saturated rings. The minimum absolute atomic E-state index is 0.0327. The molecule has 3 rings (SSSR count). The number of nitrogens with one attached hydrogen (secondary N) is 1. The number of rotatable bonds is 4. The van der Waals surface area contributed by atoms with Gasteiger partial charge in [-0.2, -0.15) is 13.2 Å². The highest BCUT2D eigenvalue weighted by atomic mass is 19.4. The summed E-state index contributed by atoms with van der Waals surface area (Å²) < 4.78 is 39.2. The first kappa shape index (κ1) is 18.5. The van der Waals surface area contributed by atoms with E-state index in [4.69, 9.17) is 0 Å². The van der Waals surface area contributed by atoms with Gasteiger partial charge >= 0.3 is 6.18 Å². The Morgan fingerprint density at radius 2 is 1.77 bits per heavy atom. The van der Waals surface area contributed by atoms with E-state index in [0.29, 0.717) is 6.54 Å². The maximum absolute atomic E-state index is 13.1. The molecule has 1 N–H and O–H groups in total. The zero-order chi connectivity index (χ0) is 18.7. The van der Waals surface area contributed by atoms with Crippen molar-refractivity contribution in [3.8, 4) is 0 Å². The van der Waals surface area contributed by atoms with Gasteiger partial charge in [-0.25, -0.2) is 0 Å². The fraction of sp³-hybridized carbons (Fsp3) is 0.350. The second-order valence-electron chi connectivity index (χ2n) is 6.59. The SMILES string of the molecule is CC(CNC(=O)c1ccccc1C(F)(F)F)N1CCc2ccccc2C1. The normalized spacial score (nSPS) is 16.0. The van der Waals surface area contributed by atoms with Gasteiger partial charge in [-0.3, -0.25) is 9.69 Å². The van der Waals surface area contributed by atoms with Gasteiger partial charge in [0.1, 0.15) is 0 Å². The second-order valence-corrected chi connectivity index (χ2v) is 6.59. The van der Waals surface area contributed by atoms with Gasteiger partial charge in [0.15, 0.2) is 0 Å². The summed E-state index contributed by atoms with van der Waals surface area (Å²) in [4.78, 5) is 14.5. The number of hydrogen-bond donors (Lipinski definition) is 1. The number of nitrogens with zero attached hydrogens (tertiary/aromatic N) is 1. The van der Waals surface area contributed by atoms with E-state index in [1.54, 1.807) is 0 Å². The number of carbonyl (C=O) groups is 1. The highest BCUT2D eigenvalue weighted by Crippen LogP contribution is 2.31. The number of halogens is 3. The number of fused-ring (bicyclic) bond motifs is 1. The third kappa shape index (κ3) is 4.07. The van der Waals surface area contributed by atoms with Crippen LogP contribution < -0.4 is 5.32 Å². The molecule has 2 aromatic carbocycles. The van der Waals surface area contributed by atoms with Crippen LogP contribution in [0.15, 0.2) is 48.5 Å². The Labute approximate surface area is 150 Å². The highest BCUT2D eigenvalue weighted by Gasteiger charge is 2.34. The van der Waals surface area contributed by atoms with E-state index < -0.39 is 17.6 Å². The van der Waals surface area contributed by atoms with Crippen molar-refractivity contribution in [2.75, 3.05) is 13.1 Å². The summed E-state index contributed by atoms with van der Waals surface area (Å²) in [5.74, 6) is -0.692. The molecule has 2 aromatic rings. The summed E-state index contributed by atoms with van der Waals surface area (Å²) in [7, 11) is 0. The summed E-state index contributed by atoms with van der Waals surface area (Å²) in [5.41, 5.74) is 1.35. The molecule has 0 aromatic heterocycles. The molecular formula is C20H21F3N2O. The van der Waals surface area contributed by atoms with Crippen LogP contribution in [0.5, 0.6) is 0 Å². The summed E-state index contributed by atoms with van der Waals surface area (Å²) in [6.07, 6.45) is -3.61. The average Bonchev–Trinajstić information content (AvgIpc) is 2.64. The molecule has 1 aliphatic heterocycles. The lowest BCUT2D eigenvalue weighted by Gasteiger charge is -2.33. The summed E-state index contributed by atoms with van der Waals surface area (Å²) >= 11 is 0. The Bertz CT molecular complexity index is 789. The number of alkyl halides is 3. The number of benzene rings is 2. The van der Waals surface area contributed by atoms with Crippen molar-refractivity contribution in [2.45, 2.75) is 32.1 Å². The van der Waals surface area contributed by atoms with E-state index in [0.717, 1.165) is 25.6 Å². The highest BCUT2D eigenvalue weighted by molar-refractivity contribution is 5.95. The van der Waals surface area contributed by atoms with E-state index in [9.17, 15) is 18.0 Å². The molecule has 3 nitrogen and oxygen atoms in total. The van der Waals surface area contributed by atoms with Gasteiger partial charge in [-0.05, 0) is 36.6 Å². The lowest BCUT2D eigenvalue weighted by molar-refractivity contribution is -0.137. The zero-order valence-electron chi connectivity index (χ0n) is 14.5. The number of carbonyl (C=O) groups excluding carboxylic acids is 1. The molecule has 1 atom stereocenters. The summed E-state index contributed by atoms with van der Waals surface area (Å²) in [5, 5.41) is 2.65. The predicted octanol–water partition coefficient (Wildman–Crippen LogP) is 3.88. The second kappa shape index (κ2) is 7.50. The molecule has 1 unspecified atom stereocenters. The van der Waals surface area contributed by atoms with Crippen molar-refractivity contribution >= 4 is 5.91 Å². The fourth-order valence-electron chi connectivity index (χ4n) is 3.29. The van der Waals surface area contributed by atoms with Crippen molar-refractivity contribution in [2.24, 2.45) is 0 Å². The van der Waals surface area contributed by atoms with Gasteiger partial charge in [-0.15, -0.1) is 0 Å². The fourth-order valence-corrected chi connectivity index (χ4v) is 3.29. The predicted molar refractivity (Wildman–Crippen MR) is 93.8 cm³/mol. The monoisotopic (exact) mass is 362 g/mol. The summed E-state index contributed by atoms with van der Waals surface area (Å²) in [6.45, 7) is 3.93. The molecular weight excluding hydrogens is 341 g/mol. The smallest absolute Gasteiger partial charge is 0.350 e.